The molecule has 86 valence electrons. The molecule has 1 aromatic carbocycles. The van der Waals surface area contributed by atoms with E-state index in [9.17, 15) is 4.79 Å². The first kappa shape index (κ1) is 12.6. The number of nitrogens with zero attached hydrogens (tertiary/aromatic N) is 1. The molecule has 1 unspecified atom stereocenters. The summed E-state index contributed by atoms with van der Waals surface area (Å²) in [4.78, 5) is 13.6. The van der Waals surface area contributed by atoms with Gasteiger partial charge in [0.05, 0.1) is 13.2 Å². The summed E-state index contributed by atoms with van der Waals surface area (Å²) in [5.41, 5.74) is 1.97. The van der Waals surface area contributed by atoms with Crippen LogP contribution in [0.5, 0.6) is 0 Å². The average molecular weight is 221 g/mol. The summed E-state index contributed by atoms with van der Waals surface area (Å²) in [6.07, 6.45) is 1.43. The lowest BCUT2D eigenvalue weighted by atomic mass is 10.1. The van der Waals surface area contributed by atoms with Crippen LogP contribution >= 0.6 is 0 Å². The molecule has 1 atom stereocenters. The molecule has 0 radical (unpaired) electrons. The van der Waals surface area contributed by atoms with E-state index >= 15 is 0 Å². The van der Waals surface area contributed by atoms with Gasteiger partial charge in [0, 0.05) is 14.2 Å². The summed E-state index contributed by atoms with van der Waals surface area (Å²) in [5, 5.41) is 0. The van der Waals surface area contributed by atoms with Crippen molar-refractivity contribution in [3.05, 3.63) is 35.4 Å². The maximum absolute atomic E-state index is 10.0. The van der Waals surface area contributed by atoms with Crippen molar-refractivity contribution in [3.8, 4) is 0 Å². The molecule has 0 saturated heterocycles. The van der Waals surface area contributed by atoms with Gasteiger partial charge in [-0.2, -0.15) is 0 Å². The van der Waals surface area contributed by atoms with E-state index in [1.165, 1.54) is 6.08 Å². The van der Waals surface area contributed by atoms with Gasteiger partial charge in [-0.15, -0.1) is 0 Å². The molecular weight excluding hydrogens is 206 g/mol. The Morgan fingerprint density at radius 3 is 2.88 bits per heavy atom. The van der Waals surface area contributed by atoms with Gasteiger partial charge in [0.15, 0.2) is 0 Å². The zero-order chi connectivity index (χ0) is 11.8. The van der Waals surface area contributed by atoms with Gasteiger partial charge < -0.3 is 9.47 Å². The SMILES string of the molecule is COCC(OC)c1cccc(CN=C=O)c1. The van der Waals surface area contributed by atoms with Crippen LogP contribution in [0.1, 0.15) is 17.2 Å². The Balaban J connectivity index is 2.82. The van der Waals surface area contributed by atoms with Gasteiger partial charge in [-0.05, 0) is 11.1 Å². The first-order valence-corrected chi connectivity index (χ1v) is 4.96. The van der Waals surface area contributed by atoms with Crippen LogP contribution in [0.2, 0.25) is 0 Å². The molecule has 0 bridgehead atoms. The summed E-state index contributed by atoms with van der Waals surface area (Å²) in [7, 11) is 3.27. The van der Waals surface area contributed by atoms with Crippen LogP contribution < -0.4 is 0 Å². The lowest BCUT2D eigenvalue weighted by Crippen LogP contribution is -2.08. The first-order valence-electron chi connectivity index (χ1n) is 4.96. The molecular formula is C12H15NO3. The minimum Gasteiger partial charge on any atom is -0.382 e. The normalized spacial score (nSPS) is 11.9. The number of carbonyl (C=O) groups excluding carboxylic acids is 1. The fourth-order valence-electron chi connectivity index (χ4n) is 1.47. The predicted octanol–water partition coefficient (Wildman–Crippen LogP) is 1.86. The maximum atomic E-state index is 10.0. The molecule has 0 fully saturated rings. The van der Waals surface area contributed by atoms with Gasteiger partial charge in [-0.25, -0.2) is 9.79 Å². The van der Waals surface area contributed by atoms with Crippen molar-refractivity contribution in [3.63, 3.8) is 0 Å². The molecule has 0 saturated carbocycles. The van der Waals surface area contributed by atoms with E-state index in [4.69, 9.17) is 9.47 Å². The van der Waals surface area contributed by atoms with Crippen molar-refractivity contribution < 1.29 is 14.3 Å². The van der Waals surface area contributed by atoms with Crippen LogP contribution in [0.4, 0.5) is 0 Å². The summed E-state index contributed by atoms with van der Waals surface area (Å²) in [5.74, 6) is 0. The largest absolute Gasteiger partial charge is 0.382 e. The Morgan fingerprint density at radius 1 is 1.44 bits per heavy atom. The van der Waals surface area contributed by atoms with Gasteiger partial charge >= 0.3 is 0 Å². The average Bonchev–Trinajstić information content (AvgIpc) is 2.33. The van der Waals surface area contributed by atoms with E-state index in [0.717, 1.165) is 11.1 Å². The van der Waals surface area contributed by atoms with Crippen molar-refractivity contribution in [2.24, 2.45) is 4.99 Å². The Kier molecular flexibility index (Phi) is 5.43. The second-order valence-corrected chi connectivity index (χ2v) is 3.33. The third-order valence-corrected chi connectivity index (χ3v) is 2.25. The van der Waals surface area contributed by atoms with Crippen molar-refractivity contribution in [2.45, 2.75) is 12.6 Å². The van der Waals surface area contributed by atoms with E-state index in [1.54, 1.807) is 14.2 Å². The minimum absolute atomic E-state index is 0.0924. The molecule has 4 nitrogen and oxygen atoms in total. The number of methoxy groups -OCH3 is 2. The zero-order valence-electron chi connectivity index (χ0n) is 9.47. The fourth-order valence-corrected chi connectivity index (χ4v) is 1.47. The monoisotopic (exact) mass is 221 g/mol. The maximum Gasteiger partial charge on any atom is 0.235 e. The summed E-state index contributed by atoms with van der Waals surface area (Å²) in [6, 6.07) is 7.73. The van der Waals surface area contributed by atoms with Gasteiger partial charge in [-0.1, -0.05) is 24.3 Å². The third-order valence-electron chi connectivity index (χ3n) is 2.25. The number of aliphatic imine (C=N–C) groups is 1. The highest BCUT2D eigenvalue weighted by atomic mass is 16.5. The van der Waals surface area contributed by atoms with Crippen molar-refractivity contribution in [1.29, 1.82) is 0 Å². The zero-order valence-corrected chi connectivity index (χ0v) is 9.47. The topological polar surface area (TPSA) is 47.9 Å². The lowest BCUT2D eigenvalue weighted by Gasteiger charge is -2.15. The number of isocyanates is 1. The fraction of sp³-hybridized carbons (Fsp3) is 0.417. The van der Waals surface area contributed by atoms with Crippen LogP contribution in [0.3, 0.4) is 0 Å². The van der Waals surface area contributed by atoms with E-state index in [1.807, 2.05) is 24.3 Å². The van der Waals surface area contributed by atoms with Crippen molar-refractivity contribution >= 4 is 6.08 Å². The van der Waals surface area contributed by atoms with Gasteiger partial charge in [-0.3, -0.25) is 0 Å². The highest BCUT2D eigenvalue weighted by Crippen LogP contribution is 2.18. The van der Waals surface area contributed by atoms with Crippen LogP contribution in [-0.2, 0) is 20.8 Å². The smallest absolute Gasteiger partial charge is 0.235 e. The molecule has 0 amide bonds. The van der Waals surface area contributed by atoms with Gasteiger partial charge in [0.2, 0.25) is 6.08 Å². The van der Waals surface area contributed by atoms with E-state index < -0.39 is 0 Å². The number of hydrogen-bond acceptors (Lipinski definition) is 4. The Morgan fingerprint density at radius 2 is 2.25 bits per heavy atom. The number of hydrogen-bond donors (Lipinski definition) is 0. The lowest BCUT2D eigenvalue weighted by molar-refractivity contribution is 0.0274. The number of benzene rings is 1. The van der Waals surface area contributed by atoms with Crippen LogP contribution in [-0.4, -0.2) is 26.9 Å². The van der Waals surface area contributed by atoms with Crippen LogP contribution in [0.15, 0.2) is 29.3 Å². The molecule has 0 aromatic heterocycles. The second kappa shape index (κ2) is 6.90. The highest BCUT2D eigenvalue weighted by molar-refractivity contribution is 5.34. The summed E-state index contributed by atoms with van der Waals surface area (Å²) in [6.45, 7) is 0.845. The molecule has 0 aliphatic rings. The van der Waals surface area contributed by atoms with Crippen LogP contribution in [0, 0.1) is 0 Å². The number of rotatable bonds is 6. The van der Waals surface area contributed by atoms with E-state index in [-0.39, 0.29) is 6.10 Å². The second-order valence-electron chi connectivity index (χ2n) is 3.33. The predicted molar refractivity (Wildman–Crippen MR) is 59.9 cm³/mol. The summed E-state index contributed by atoms with van der Waals surface area (Å²) < 4.78 is 10.4. The standard InChI is InChI=1S/C12H15NO3/c1-15-8-12(16-2)11-5-3-4-10(6-11)7-13-9-14/h3-6,12H,7-8H2,1-2H3. The molecule has 1 aromatic rings. The number of ether oxygens (including phenoxy) is 2. The highest BCUT2D eigenvalue weighted by Gasteiger charge is 2.09. The molecule has 16 heavy (non-hydrogen) atoms. The Labute approximate surface area is 94.9 Å². The molecule has 0 aliphatic carbocycles. The molecule has 0 heterocycles. The Hall–Kier alpha value is -1.48. The van der Waals surface area contributed by atoms with Gasteiger partial charge in [0.25, 0.3) is 0 Å². The van der Waals surface area contributed by atoms with Crippen molar-refractivity contribution in [1.82, 2.24) is 0 Å². The minimum atomic E-state index is -0.0924. The Bertz CT molecular complexity index is 372. The quantitative estimate of drug-likeness (QED) is 0.544. The van der Waals surface area contributed by atoms with Gasteiger partial charge in [0.1, 0.15) is 6.10 Å². The molecule has 0 aliphatic heterocycles. The molecule has 0 spiro atoms. The molecule has 4 heteroatoms. The summed E-state index contributed by atoms with van der Waals surface area (Å²) >= 11 is 0. The third kappa shape index (κ3) is 3.59. The van der Waals surface area contributed by atoms with Crippen LogP contribution in [0.25, 0.3) is 0 Å². The molecule has 0 N–H and O–H groups in total. The van der Waals surface area contributed by atoms with E-state index in [0.29, 0.717) is 13.2 Å². The molecule has 1 rings (SSSR count). The first-order chi connectivity index (χ1) is 7.81. The van der Waals surface area contributed by atoms with Crippen molar-refractivity contribution in [2.75, 3.05) is 20.8 Å². The van der Waals surface area contributed by atoms with E-state index in [2.05, 4.69) is 4.99 Å².